The quantitative estimate of drug-likeness (QED) is 0.634. The lowest BCUT2D eigenvalue weighted by Gasteiger charge is -2.06. The van der Waals surface area contributed by atoms with Gasteiger partial charge < -0.3 is 4.74 Å². The van der Waals surface area contributed by atoms with Gasteiger partial charge in [0.1, 0.15) is 5.75 Å². The maximum absolute atomic E-state index is 5.13. The van der Waals surface area contributed by atoms with Crippen molar-refractivity contribution >= 4 is 12.6 Å². The Hall–Kier alpha value is -0.630. The van der Waals surface area contributed by atoms with Gasteiger partial charge in [-0.1, -0.05) is 6.07 Å². The van der Waals surface area contributed by atoms with Crippen LogP contribution in [0.5, 0.6) is 5.75 Å². The van der Waals surface area contributed by atoms with E-state index in [0.29, 0.717) is 0 Å². The summed E-state index contributed by atoms with van der Waals surface area (Å²) in [6.07, 6.45) is 0. The molecule has 0 atom stereocenters. The lowest BCUT2D eigenvalue weighted by Crippen LogP contribution is -1.88. The van der Waals surface area contributed by atoms with Crippen molar-refractivity contribution < 1.29 is 4.74 Å². The molecule has 0 bridgehead atoms. The summed E-state index contributed by atoms with van der Waals surface area (Å²) >= 11 is 4.29. The highest BCUT2D eigenvalue weighted by Crippen LogP contribution is 2.24. The van der Waals surface area contributed by atoms with Crippen molar-refractivity contribution in [1.82, 2.24) is 0 Å². The van der Waals surface area contributed by atoms with Gasteiger partial charge >= 0.3 is 0 Å². The van der Waals surface area contributed by atoms with Gasteiger partial charge in [0.05, 0.1) is 7.11 Å². The third-order valence-corrected chi connectivity index (χ3v) is 2.20. The number of thiol groups is 1. The number of ether oxygens (including phenoxy) is 1. The Morgan fingerprint density at radius 2 is 1.82 bits per heavy atom. The SMILES string of the molecule is COc1cc(S)c(C)cc1C. The smallest absolute Gasteiger partial charge is 0.122 e. The molecule has 0 aliphatic carbocycles. The van der Waals surface area contributed by atoms with Crippen molar-refractivity contribution in [3.63, 3.8) is 0 Å². The van der Waals surface area contributed by atoms with Gasteiger partial charge in [0.2, 0.25) is 0 Å². The Labute approximate surface area is 72.8 Å². The molecule has 1 rings (SSSR count). The monoisotopic (exact) mass is 168 g/mol. The maximum Gasteiger partial charge on any atom is 0.122 e. The summed E-state index contributed by atoms with van der Waals surface area (Å²) in [6.45, 7) is 4.06. The number of hydrogen-bond donors (Lipinski definition) is 1. The first-order valence-electron chi connectivity index (χ1n) is 3.49. The second-order valence-corrected chi connectivity index (χ2v) is 3.09. The maximum atomic E-state index is 5.13. The van der Waals surface area contributed by atoms with Crippen molar-refractivity contribution in [3.05, 3.63) is 23.3 Å². The van der Waals surface area contributed by atoms with E-state index in [2.05, 4.69) is 18.7 Å². The molecule has 0 aromatic heterocycles. The van der Waals surface area contributed by atoms with Gasteiger partial charge in [-0.25, -0.2) is 0 Å². The van der Waals surface area contributed by atoms with Crippen LogP contribution >= 0.6 is 12.6 Å². The van der Waals surface area contributed by atoms with Crippen molar-refractivity contribution in [1.29, 1.82) is 0 Å². The lowest BCUT2D eigenvalue weighted by atomic mass is 10.1. The zero-order valence-electron chi connectivity index (χ0n) is 7.01. The molecule has 1 nitrogen and oxygen atoms in total. The first-order chi connectivity index (χ1) is 5.15. The normalized spacial score (nSPS) is 9.82. The molecule has 0 spiro atoms. The van der Waals surface area contributed by atoms with Gasteiger partial charge in [-0.05, 0) is 31.0 Å². The average molecular weight is 168 g/mol. The standard InChI is InChI=1S/C9H12OS/c1-6-4-7(2)9(11)5-8(6)10-3/h4-5,11H,1-3H3. The lowest BCUT2D eigenvalue weighted by molar-refractivity contribution is 0.410. The topological polar surface area (TPSA) is 9.23 Å². The van der Waals surface area contributed by atoms with Crippen LogP contribution in [0.4, 0.5) is 0 Å². The molecule has 0 fully saturated rings. The summed E-state index contributed by atoms with van der Waals surface area (Å²) in [5.74, 6) is 0.903. The molecule has 0 radical (unpaired) electrons. The Balaban J connectivity index is 3.21. The van der Waals surface area contributed by atoms with Crippen LogP contribution in [0, 0.1) is 13.8 Å². The highest BCUT2D eigenvalue weighted by molar-refractivity contribution is 7.80. The van der Waals surface area contributed by atoms with Crippen LogP contribution in [0.3, 0.4) is 0 Å². The number of aryl methyl sites for hydroxylation is 2. The minimum Gasteiger partial charge on any atom is -0.496 e. The summed E-state index contributed by atoms with van der Waals surface area (Å²) in [5.41, 5.74) is 2.34. The van der Waals surface area contributed by atoms with E-state index in [1.54, 1.807) is 7.11 Å². The fraction of sp³-hybridized carbons (Fsp3) is 0.333. The summed E-state index contributed by atoms with van der Waals surface area (Å²) in [6, 6.07) is 4.01. The molecule has 0 saturated carbocycles. The second-order valence-electron chi connectivity index (χ2n) is 2.61. The first-order valence-corrected chi connectivity index (χ1v) is 3.94. The van der Waals surface area contributed by atoms with E-state index in [4.69, 9.17) is 4.74 Å². The third-order valence-electron chi connectivity index (χ3n) is 1.71. The molecular formula is C9H12OS. The predicted molar refractivity (Wildman–Crippen MR) is 49.7 cm³/mol. The van der Waals surface area contributed by atoms with Gasteiger partial charge in [-0.2, -0.15) is 0 Å². The summed E-state index contributed by atoms with van der Waals surface area (Å²) in [5, 5.41) is 0. The molecule has 1 aromatic carbocycles. The van der Waals surface area contributed by atoms with E-state index in [-0.39, 0.29) is 0 Å². The van der Waals surface area contributed by atoms with Crippen LogP contribution in [-0.2, 0) is 0 Å². The molecule has 1 aromatic rings. The van der Waals surface area contributed by atoms with E-state index in [0.717, 1.165) is 16.2 Å². The Bertz CT molecular complexity index is 269. The van der Waals surface area contributed by atoms with Crippen LogP contribution in [0.15, 0.2) is 17.0 Å². The van der Waals surface area contributed by atoms with E-state index in [1.807, 2.05) is 19.9 Å². The van der Waals surface area contributed by atoms with Gasteiger partial charge in [0.25, 0.3) is 0 Å². The summed E-state index contributed by atoms with van der Waals surface area (Å²) in [7, 11) is 1.67. The van der Waals surface area contributed by atoms with Crippen LogP contribution < -0.4 is 4.74 Å². The minimum atomic E-state index is 0.903. The highest BCUT2D eigenvalue weighted by atomic mass is 32.1. The third kappa shape index (κ3) is 1.69. The molecule has 2 heteroatoms. The second kappa shape index (κ2) is 3.18. The van der Waals surface area contributed by atoms with Gasteiger partial charge in [0.15, 0.2) is 0 Å². The van der Waals surface area contributed by atoms with E-state index < -0.39 is 0 Å². The summed E-state index contributed by atoms with van der Waals surface area (Å²) in [4.78, 5) is 0.979. The Morgan fingerprint density at radius 3 is 2.36 bits per heavy atom. The van der Waals surface area contributed by atoms with Crippen LogP contribution in [-0.4, -0.2) is 7.11 Å². The van der Waals surface area contributed by atoms with Crippen LogP contribution in [0.1, 0.15) is 11.1 Å². The molecular weight excluding hydrogens is 156 g/mol. The van der Waals surface area contributed by atoms with Crippen molar-refractivity contribution in [2.75, 3.05) is 7.11 Å². The molecule has 0 saturated heterocycles. The summed E-state index contributed by atoms with van der Waals surface area (Å²) < 4.78 is 5.13. The molecule has 0 amide bonds. The van der Waals surface area contributed by atoms with Crippen molar-refractivity contribution in [2.45, 2.75) is 18.7 Å². The van der Waals surface area contributed by atoms with E-state index in [1.165, 1.54) is 5.56 Å². The number of methoxy groups -OCH3 is 1. The average Bonchev–Trinajstić information content (AvgIpc) is 1.97. The van der Waals surface area contributed by atoms with Crippen molar-refractivity contribution in [3.8, 4) is 5.75 Å². The zero-order chi connectivity index (χ0) is 8.43. The van der Waals surface area contributed by atoms with Crippen LogP contribution in [0.2, 0.25) is 0 Å². The fourth-order valence-electron chi connectivity index (χ4n) is 1.04. The molecule has 60 valence electrons. The minimum absolute atomic E-state index is 0.903. The van der Waals surface area contributed by atoms with Crippen molar-refractivity contribution in [2.24, 2.45) is 0 Å². The molecule has 0 heterocycles. The van der Waals surface area contributed by atoms with Gasteiger partial charge in [-0.15, -0.1) is 12.6 Å². The van der Waals surface area contributed by atoms with E-state index >= 15 is 0 Å². The molecule has 0 aliphatic heterocycles. The highest BCUT2D eigenvalue weighted by Gasteiger charge is 2.00. The predicted octanol–water partition coefficient (Wildman–Crippen LogP) is 2.60. The first kappa shape index (κ1) is 8.47. The Morgan fingerprint density at radius 1 is 1.18 bits per heavy atom. The molecule has 0 unspecified atom stereocenters. The van der Waals surface area contributed by atoms with Gasteiger partial charge in [0, 0.05) is 4.90 Å². The number of rotatable bonds is 1. The molecule has 0 N–H and O–H groups in total. The zero-order valence-corrected chi connectivity index (χ0v) is 7.90. The number of benzene rings is 1. The fourth-order valence-corrected chi connectivity index (χ4v) is 1.22. The largest absolute Gasteiger partial charge is 0.496 e. The van der Waals surface area contributed by atoms with Crippen LogP contribution in [0.25, 0.3) is 0 Å². The van der Waals surface area contributed by atoms with E-state index in [9.17, 15) is 0 Å². The Kier molecular flexibility index (Phi) is 2.45. The molecule has 0 aliphatic rings. The molecule has 11 heavy (non-hydrogen) atoms. The number of hydrogen-bond acceptors (Lipinski definition) is 2. The van der Waals surface area contributed by atoms with Gasteiger partial charge in [-0.3, -0.25) is 0 Å².